The summed E-state index contributed by atoms with van der Waals surface area (Å²) in [5.41, 5.74) is 0. The van der Waals surface area contributed by atoms with Gasteiger partial charge in [-0.15, -0.1) is 0 Å². The number of hydrogen-bond donors (Lipinski definition) is 2. The lowest BCUT2D eigenvalue weighted by Gasteiger charge is -2.30. The highest BCUT2D eigenvalue weighted by Gasteiger charge is 2.41. The van der Waals surface area contributed by atoms with Crippen LogP contribution in [0.3, 0.4) is 0 Å². The van der Waals surface area contributed by atoms with E-state index in [1.54, 1.807) is 13.8 Å². The number of carbonyl (C=O) groups is 1. The third-order valence-electron chi connectivity index (χ3n) is 2.21. The van der Waals surface area contributed by atoms with Gasteiger partial charge in [-0.3, -0.25) is 9.36 Å². The molecule has 0 fully saturated rings. The van der Waals surface area contributed by atoms with E-state index in [9.17, 15) is 14.5 Å². The van der Waals surface area contributed by atoms with Gasteiger partial charge in [0.25, 0.3) is 0 Å². The molecule has 0 spiro atoms. The number of nitrogens with one attached hydrogen (secondary N) is 1. The maximum absolute atomic E-state index is 12.1. The van der Waals surface area contributed by atoms with Crippen LogP contribution in [0, 0.1) is 5.92 Å². The molecule has 2 N–H and O–H groups in total. The topological polar surface area (TPSA) is 84.9 Å². The Labute approximate surface area is 95.9 Å². The number of aliphatic hydroxyl groups is 1. The summed E-state index contributed by atoms with van der Waals surface area (Å²) in [6, 6.07) is 0. The van der Waals surface area contributed by atoms with E-state index < -0.39 is 25.4 Å². The Balaban J connectivity index is 5.06. The predicted molar refractivity (Wildman–Crippen MR) is 60.1 cm³/mol. The minimum Gasteiger partial charge on any atom is -0.390 e. The van der Waals surface area contributed by atoms with Crippen molar-refractivity contribution in [3.63, 3.8) is 0 Å². The minimum atomic E-state index is -3.54. The number of rotatable bonds is 6. The summed E-state index contributed by atoms with van der Waals surface area (Å²) < 4.78 is 21.7. The second kappa shape index (κ2) is 6.35. The van der Waals surface area contributed by atoms with E-state index in [0.717, 1.165) is 0 Å². The fraction of sp³-hybridized carbons (Fsp3) is 0.889. The van der Waals surface area contributed by atoms with Crippen molar-refractivity contribution in [2.45, 2.75) is 32.7 Å². The number of amides is 1. The van der Waals surface area contributed by atoms with Crippen LogP contribution in [0.2, 0.25) is 0 Å². The van der Waals surface area contributed by atoms with Crippen LogP contribution >= 0.6 is 7.60 Å². The van der Waals surface area contributed by atoms with E-state index >= 15 is 0 Å². The summed E-state index contributed by atoms with van der Waals surface area (Å²) in [4.78, 5) is 11.0. The van der Waals surface area contributed by atoms with Gasteiger partial charge in [0, 0.05) is 21.1 Å². The van der Waals surface area contributed by atoms with Crippen molar-refractivity contribution < 1.29 is 23.5 Å². The van der Waals surface area contributed by atoms with Gasteiger partial charge in [0.2, 0.25) is 5.91 Å². The monoisotopic (exact) mass is 253 g/mol. The molecule has 0 saturated heterocycles. The van der Waals surface area contributed by atoms with Gasteiger partial charge in [-0.05, 0) is 5.92 Å². The van der Waals surface area contributed by atoms with Gasteiger partial charge in [-0.1, -0.05) is 13.8 Å². The summed E-state index contributed by atoms with van der Waals surface area (Å²) in [6.07, 6.45) is -1.00. The molecule has 0 aliphatic carbocycles. The van der Waals surface area contributed by atoms with Gasteiger partial charge in [-0.2, -0.15) is 0 Å². The zero-order valence-electron chi connectivity index (χ0n) is 10.3. The molecule has 0 bridgehead atoms. The first kappa shape index (κ1) is 15.6. The van der Waals surface area contributed by atoms with E-state index in [0.29, 0.717) is 0 Å². The first-order chi connectivity index (χ1) is 7.28. The second-order valence-electron chi connectivity index (χ2n) is 3.78. The zero-order chi connectivity index (χ0) is 12.9. The molecule has 0 aromatic heterocycles. The highest BCUT2D eigenvalue weighted by atomic mass is 31.2. The van der Waals surface area contributed by atoms with Crippen molar-refractivity contribution >= 4 is 13.5 Å². The van der Waals surface area contributed by atoms with Crippen molar-refractivity contribution in [2.75, 3.05) is 14.2 Å². The highest BCUT2D eigenvalue weighted by Crippen LogP contribution is 2.52. The lowest BCUT2D eigenvalue weighted by Crippen LogP contribution is -2.45. The van der Waals surface area contributed by atoms with E-state index in [1.165, 1.54) is 21.1 Å². The SMILES string of the molecule is COP(=O)(OC)[C@H](NC(C)=O)[C@@H](O)C(C)C. The molecule has 0 aromatic carbocycles. The lowest BCUT2D eigenvalue weighted by atomic mass is 10.1. The Morgan fingerprint density at radius 2 is 1.75 bits per heavy atom. The predicted octanol–water partition coefficient (Wildman–Crippen LogP) is 0.951. The summed E-state index contributed by atoms with van der Waals surface area (Å²) in [6.45, 7) is 4.76. The van der Waals surface area contributed by atoms with Gasteiger partial charge in [0.1, 0.15) is 0 Å². The average Bonchev–Trinajstić information content (AvgIpc) is 2.23. The number of aliphatic hydroxyl groups excluding tert-OH is 1. The van der Waals surface area contributed by atoms with Gasteiger partial charge in [0.05, 0.1) is 6.10 Å². The first-order valence-corrected chi connectivity index (χ1v) is 6.56. The van der Waals surface area contributed by atoms with Crippen LogP contribution in [0.4, 0.5) is 0 Å². The molecular formula is C9H20NO5P. The molecular weight excluding hydrogens is 233 g/mol. The van der Waals surface area contributed by atoms with Crippen LogP contribution in [0.15, 0.2) is 0 Å². The van der Waals surface area contributed by atoms with Crippen LogP contribution in [0.5, 0.6) is 0 Å². The zero-order valence-corrected chi connectivity index (χ0v) is 11.2. The molecule has 0 aromatic rings. The Morgan fingerprint density at radius 1 is 1.31 bits per heavy atom. The van der Waals surface area contributed by atoms with E-state index in [4.69, 9.17) is 9.05 Å². The third-order valence-corrected chi connectivity index (χ3v) is 4.34. The molecule has 0 aliphatic rings. The van der Waals surface area contributed by atoms with Crippen molar-refractivity contribution in [3.05, 3.63) is 0 Å². The van der Waals surface area contributed by atoms with Gasteiger partial charge in [0.15, 0.2) is 5.78 Å². The van der Waals surface area contributed by atoms with Gasteiger partial charge >= 0.3 is 7.60 Å². The van der Waals surface area contributed by atoms with Crippen LogP contribution in [-0.4, -0.2) is 37.1 Å². The summed E-state index contributed by atoms with van der Waals surface area (Å²) >= 11 is 0. The molecule has 7 heteroatoms. The number of carbonyl (C=O) groups excluding carboxylic acids is 1. The molecule has 6 nitrogen and oxygen atoms in total. The molecule has 0 radical (unpaired) electrons. The Morgan fingerprint density at radius 3 is 2.00 bits per heavy atom. The Bertz CT molecular complexity index is 273. The third kappa shape index (κ3) is 3.87. The molecule has 96 valence electrons. The molecule has 2 atom stereocenters. The Hall–Kier alpha value is -0.420. The largest absolute Gasteiger partial charge is 0.390 e. The summed E-state index contributed by atoms with van der Waals surface area (Å²) in [5, 5.41) is 12.3. The molecule has 1 amide bonds. The van der Waals surface area contributed by atoms with E-state index in [-0.39, 0.29) is 5.92 Å². The Kier molecular flexibility index (Phi) is 6.18. The van der Waals surface area contributed by atoms with Gasteiger partial charge in [-0.25, -0.2) is 0 Å². The first-order valence-electron chi connectivity index (χ1n) is 4.94. The van der Waals surface area contributed by atoms with Gasteiger partial charge < -0.3 is 19.5 Å². The standard InChI is InChI=1S/C9H20NO5P/c1-6(2)8(12)9(10-7(3)11)16(13,14-4)15-5/h6,8-9,12H,1-5H3,(H,10,11)/t8-,9-/m0/s1. The smallest absolute Gasteiger partial charge is 0.354 e. The summed E-state index contributed by atoms with van der Waals surface area (Å²) in [7, 11) is -1.11. The molecule has 0 heterocycles. The van der Waals surface area contributed by atoms with Crippen LogP contribution in [-0.2, 0) is 18.4 Å². The maximum atomic E-state index is 12.1. The highest BCUT2D eigenvalue weighted by molar-refractivity contribution is 7.54. The van der Waals surface area contributed by atoms with Crippen LogP contribution < -0.4 is 5.32 Å². The molecule has 16 heavy (non-hydrogen) atoms. The van der Waals surface area contributed by atoms with Crippen molar-refractivity contribution in [1.82, 2.24) is 5.32 Å². The fourth-order valence-electron chi connectivity index (χ4n) is 1.23. The fourth-order valence-corrected chi connectivity index (χ4v) is 2.89. The van der Waals surface area contributed by atoms with Crippen molar-refractivity contribution in [1.29, 1.82) is 0 Å². The van der Waals surface area contributed by atoms with Crippen LogP contribution in [0.1, 0.15) is 20.8 Å². The molecule has 0 saturated carbocycles. The van der Waals surface area contributed by atoms with E-state index in [1.807, 2.05) is 0 Å². The lowest BCUT2D eigenvalue weighted by molar-refractivity contribution is -0.120. The number of hydrogen-bond acceptors (Lipinski definition) is 5. The average molecular weight is 253 g/mol. The molecule has 0 rings (SSSR count). The maximum Gasteiger partial charge on any atom is 0.354 e. The quantitative estimate of drug-likeness (QED) is 0.688. The van der Waals surface area contributed by atoms with E-state index in [2.05, 4.69) is 5.32 Å². The summed E-state index contributed by atoms with van der Waals surface area (Å²) in [5.74, 6) is -1.64. The second-order valence-corrected chi connectivity index (χ2v) is 6.15. The molecule has 0 aliphatic heterocycles. The minimum absolute atomic E-state index is 0.185. The van der Waals surface area contributed by atoms with Crippen molar-refractivity contribution in [3.8, 4) is 0 Å². The normalized spacial score (nSPS) is 15.9. The van der Waals surface area contributed by atoms with Crippen LogP contribution in [0.25, 0.3) is 0 Å². The molecule has 0 unspecified atom stereocenters. The van der Waals surface area contributed by atoms with Crippen molar-refractivity contribution in [2.24, 2.45) is 5.92 Å².